The maximum Gasteiger partial charge on any atom is 0.261 e. The van der Waals surface area contributed by atoms with Crippen LogP contribution in [0.4, 0.5) is 11.4 Å². The fourth-order valence-electron chi connectivity index (χ4n) is 4.55. The summed E-state index contributed by atoms with van der Waals surface area (Å²) in [5, 5.41) is 5.64. The third kappa shape index (κ3) is 5.26. The Bertz CT molecular complexity index is 1780. The average Bonchev–Trinajstić information content (AvgIpc) is 3.56. The van der Waals surface area contributed by atoms with Crippen LogP contribution in [0.1, 0.15) is 41.4 Å². The molecule has 6 rings (SSSR count). The summed E-state index contributed by atoms with van der Waals surface area (Å²) >= 11 is 0. The van der Waals surface area contributed by atoms with Gasteiger partial charge >= 0.3 is 0 Å². The molecule has 1 aromatic heterocycles. The fraction of sp³-hybridized carbons (Fsp3) is 0.0645. The molecule has 0 fully saturated rings. The van der Waals surface area contributed by atoms with Gasteiger partial charge in [0.25, 0.3) is 23.6 Å². The molecule has 4 amide bonds. The van der Waals surface area contributed by atoms with Crippen molar-refractivity contribution in [1.82, 2.24) is 14.9 Å². The predicted octanol–water partition coefficient (Wildman–Crippen LogP) is 4.74. The third-order valence-corrected chi connectivity index (χ3v) is 6.64. The van der Waals surface area contributed by atoms with Crippen LogP contribution in [-0.2, 0) is 0 Å². The van der Waals surface area contributed by atoms with E-state index in [-0.39, 0.29) is 36.8 Å². The molecule has 10 nitrogen and oxygen atoms in total. The number of amides is 4. The molecule has 202 valence electrons. The van der Waals surface area contributed by atoms with Gasteiger partial charge in [0.15, 0.2) is 0 Å². The number of anilines is 2. The van der Waals surface area contributed by atoms with Crippen LogP contribution in [0, 0.1) is 0 Å². The molecule has 5 aromatic rings. The quantitative estimate of drug-likeness (QED) is 0.241. The van der Waals surface area contributed by atoms with Crippen molar-refractivity contribution >= 4 is 46.0 Å². The number of imide groups is 1. The van der Waals surface area contributed by atoms with Crippen LogP contribution < -0.4 is 15.4 Å². The minimum Gasteiger partial charge on any atom is -0.492 e. The van der Waals surface area contributed by atoms with Gasteiger partial charge in [-0.25, -0.2) is 4.98 Å². The summed E-state index contributed by atoms with van der Waals surface area (Å²) in [6.07, 6.45) is 1.57. The van der Waals surface area contributed by atoms with Crippen molar-refractivity contribution in [3.63, 3.8) is 0 Å². The first-order valence-corrected chi connectivity index (χ1v) is 12.8. The van der Waals surface area contributed by atoms with E-state index < -0.39 is 0 Å². The molecular weight excluding hydrogens is 522 g/mol. The number of fused-ring (bicyclic) bond motifs is 2. The van der Waals surface area contributed by atoms with E-state index in [4.69, 9.17) is 4.74 Å². The highest BCUT2D eigenvalue weighted by molar-refractivity contribution is 6.21. The zero-order valence-electron chi connectivity index (χ0n) is 21.6. The van der Waals surface area contributed by atoms with Gasteiger partial charge < -0.3 is 20.4 Å². The number of carbonyl (C=O) groups excluding carboxylic acids is 4. The number of carbonyl (C=O) groups is 4. The topological polar surface area (TPSA) is 133 Å². The first-order chi connectivity index (χ1) is 20.0. The first-order valence-electron chi connectivity index (χ1n) is 12.8. The maximum absolute atomic E-state index is 12.9. The zero-order valence-corrected chi connectivity index (χ0v) is 21.6. The highest BCUT2D eigenvalue weighted by Gasteiger charge is 2.34. The van der Waals surface area contributed by atoms with E-state index in [2.05, 4.69) is 20.6 Å². The highest BCUT2D eigenvalue weighted by atomic mass is 16.5. The second-order valence-electron chi connectivity index (χ2n) is 9.30. The van der Waals surface area contributed by atoms with Gasteiger partial charge in [0, 0.05) is 22.5 Å². The van der Waals surface area contributed by atoms with Crippen LogP contribution in [0.15, 0.2) is 97.3 Å². The van der Waals surface area contributed by atoms with Crippen molar-refractivity contribution in [1.29, 1.82) is 0 Å². The maximum atomic E-state index is 12.9. The molecule has 0 atom stereocenters. The number of aromatic amines is 1. The minimum atomic E-state index is -0.348. The Balaban J connectivity index is 1.02. The predicted molar refractivity (Wildman–Crippen MR) is 152 cm³/mol. The molecule has 1 aliphatic rings. The number of hydrogen-bond acceptors (Lipinski definition) is 6. The van der Waals surface area contributed by atoms with Crippen molar-refractivity contribution in [3.8, 4) is 5.75 Å². The van der Waals surface area contributed by atoms with Crippen LogP contribution in [0.2, 0.25) is 0 Å². The lowest BCUT2D eigenvalue weighted by Gasteiger charge is -2.14. The Labute approximate surface area is 234 Å². The van der Waals surface area contributed by atoms with Crippen LogP contribution >= 0.6 is 0 Å². The van der Waals surface area contributed by atoms with Crippen molar-refractivity contribution in [3.05, 3.63) is 120 Å². The molecule has 0 unspecified atom stereocenters. The summed E-state index contributed by atoms with van der Waals surface area (Å²) in [6, 6.07) is 25.3. The number of nitrogens with zero attached hydrogens (tertiary/aromatic N) is 2. The summed E-state index contributed by atoms with van der Waals surface area (Å²) in [7, 11) is 0. The van der Waals surface area contributed by atoms with Gasteiger partial charge in [-0.3, -0.25) is 24.1 Å². The summed E-state index contributed by atoms with van der Waals surface area (Å²) in [4.78, 5) is 58.8. The first kappa shape index (κ1) is 25.5. The lowest BCUT2D eigenvalue weighted by molar-refractivity contribution is 0.0631. The molecule has 1 aliphatic heterocycles. The zero-order chi connectivity index (χ0) is 28.3. The van der Waals surface area contributed by atoms with Crippen molar-refractivity contribution < 1.29 is 23.9 Å². The lowest BCUT2D eigenvalue weighted by atomic mass is 10.1. The smallest absolute Gasteiger partial charge is 0.261 e. The number of H-pyrrole nitrogens is 1. The van der Waals surface area contributed by atoms with E-state index in [9.17, 15) is 19.2 Å². The van der Waals surface area contributed by atoms with Gasteiger partial charge in [-0.1, -0.05) is 18.2 Å². The van der Waals surface area contributed by atoms with E-state index >= 15 is 0 Å². The van der Waals surface area contributed by atoms with E-state index in [1.807, 2.05) is 0 Å². The Morgan fingerprint density at radius 3 is 2.17 bits per heavy atom. The third-order valence-electron chi connectivity index (χ3n) is 6.64. The van der Waals surface area contributed by atoms with Crippen LogP contribution in [0.5, 0.6) is 5.75 Å². The lowest BCUT2D eigenvalue weighted by Crippen LogP contribution is -2.33. The molecule has 4 aromatic carbocycles. The molecule has 0 radical (unpaired) electrons. The second kappa shape index (κ2) is 10.8. The van der Waals surface area contributed by atoms with E-state index in [1.165, 1.54) is 4.90 Å². The highest BCUT2D eigenvalue weighted by Crippen LogP contribution is 2.23. The van der Waals surface area contributed by atoms with Crippen molar-refractivity contribution in [2.45, 2.75) is 0 Å². The van der Waals surface area contributed by atoms with E-state index in [1.54, 1.807) is 97.3 Å². The summed E-state index contributed by atoms with van der Waals surface area (Å²) in [6.45, 7) is 0.251. The molecule has 0 spiro atoms. The Morgan fingerprint density at radius 1 is 0.756 bits per heavy atom. The van der Waals surface area contributed by atoms with Gasteiger partial charge in [0.2, 0.25) is 0 Å². The number of ether oxygens (including phenoxy) is 1. The SMILES string of the molecule is O=C(Nc1ccc(OCCN2C(=O)c3ccccc3C2=O)cc1)c1cccc(NC(=O)c2ccc3nc[nH]c3c2)c1. The van der Waals surface area contributed by atoms with Gasteiger partial charge in [0.05, 0.1) is 35.0 Å². The fourth-order valence-corrected chi connectivity index (χ4v) is 4.55. The molecule has 0 saturated heterocycles. The molecule has 3 N–H and O–H groups in total. The number of hydrogen-bond donors (Lipinski definition) is 3. The second-order valence-corrected chi connectivity index (χ2v) is 9.30. The molecule has 0 saturated carbocycles. The summed E-state index contributed by atoms with van der Waals surface area (Å²) in [5.41, 5.74) is 4.18. The van der Waals surface area contributed by atoms with Crippen LogP contribution in [0.25, 0.3) is 11.0 Å². The number of benzene rings is 4. The monoisotopic (exact) mass is 545 g/mol. The average molecular weight is 546 g/mol. The number of aromatic nitrogens is 2. The van der Waals surface area contributed by atoms with E-state index in [0.29, 0.717) is 39.4 Å². The molecule has 2 heterocycles. The van der Waals surface area contributed by atoms with Gasteiger partial charge in [-0.05, 0) is 72.8 Å². The summed E-state index contributed by atoms with van der Waals surface area (Å²) in [5.74, 6) is -0.785. The largest absolute Gasteiger partial charge is 0.492 e. The number of nitrogens with one attached hydrogen (secondary N) is 3. The molecule has 0 bridgehead atoms. The normalized spacial score (nSPS) is 12.3. The minimum absolute atomic E-state index is 0.121. The standard InChI is InChI=1S/C31H23N5O5/c37-28(19-4-3-5-22(16-19)35-29(38)20-8-13-26-27(17-20)33-18-32-26)34-21-9-11-23(12-10-21)41-15-14-36-30(39)24-6-1-2-7-25(24)31(36)40/h1-13,16-18H,14-15H2,(H,32,33)(H,34,37)(H,35,38). The Kier molecular flexibility index (Phi) is 6.70. The van der Waals surface area contributed by atoms with Crippen molar-refractivity contribution in [2.75, 3.05) is 23.8 Å². The van der Waals surface area contributed by atoms with E-state index in [0.717, 1.165) is 11.0 Å². The Hall–Kier alpha value is -5.77. The number of imidazole rings is 1. The number of rotatable bonds is 8. The molecular formula is C31H23N5O5. The van der Waals surface area contributed by atoms with Crippen molar-refractivity contribution in [2.24, 2.45) is 0 Å². The van der Waals surface area contributed by atoms with Gasteiger partial charge in [0.1, 0.15) is 12.4 Å². The molecule has 10 heteroatoms. The van der Waals surface area contributed by atoms with Gasteiger partial charge in [-0.2, -0.15) is 0 Å². The van der Waals surface area contributed by atoms with Crippen LogP contribution in [0.3, 0.4) is 0 Å². The summed E-state index contributed by atoms with van der Waals surface area (Å²) < 4.78 is 5.71. The molecule has 41 heavy (non-hydrogen) atoms. The van der Waals surface area contributed by atoms with Gasteiger partial charge in [-0.15, -0.1) is 0 Å². The molecule has 0 aliphatic carbocycles. The van der Waals surface area contributed by atoms with Crippen LogP contribution in [-0.4, -0.2) is 51.6 Å². The Morgan fingerprint density at radius 2 is 1.44 bits per heavy atom.